The maximum absolute atomic E-state index is 13.2. The standard InChI is InChI=1S/C15H17FN2O4/c16-11-3-1-2-10(6-11)13-7-14(22-18-13)15(19)17-8-12-9-20-4-5-21-12/h1-3,6,12,14H,4-5,7-9H2,(H,17,19)/t12-,14-/m0/s1. The molecule has 1 saturated heterocycles. The van der Waals surface area contributed by atoms with Crippen molar-refractivity contribution in [3.63, 3.8) is 0 Å². The van der Waals surface area contributed by atoms with Crippen LogP contribution in [0.5, 0.6) is 0 Å². The zero-order valence-corrected chi connectivity index (χ0v) is 12.0. The van der Waals surface area contributed by atoms with Crippen LogP contribution in [0.3, 0.4) is 0 Å². The molecule has 0 bridgehead atoms. The number of halogens is 1. The first-order chi connectivity index (χ1) is 10.7. The summed E-state index contributed by atoms with van der Waals surface area (Å²) in [5, 5.41) is 6.64. The fourth-order valence-electron chi connectivity index (χ4n) is 2.34. The SMILES string of the molecule is O=C(NC[C@H]1COCCO1)[C@@H]1CC(c2cccc(F)c2)=NO1. The fraction of sp³-hybridized carbons (Fsp3) is 0.467. The highest BCUT2D eigenvalue weighted by molar-refractivity contribution is 6.04. The quantitative estimate of drug-likeness (QED) is 0.895. The number of ether oxygens (including phenoxy) is 2. The number of amides is 1. The molecule has 7 heteroatoms. The van der Waals surface area contributed by atoms with Crippen molar-refractivity contribution in [1.82, 2.24) is 5.32 Å². The molecule has 2 heterocycles. The Bertz CT molecular complexity index is 572. The minimum atomic E-state index is -0.692. The van der Waals surface area contributed by atoms with Gasteiger partial charge in [-0.15, -0.1) is 0 Å². The van der Waals surface area contributed by atoms with E-state index in [9.17, 15) is 9.18 Å². The van der Waals surface area contributed by atoms with Crippen molar-refractivity contribution in [3.8, 4) is 0 Å². The van der Waals surface area contributed by atoms with Gasteiger partial charge in [-0.2, -0.15) is 0 Å². The lowest BCUT2D eigenvalue weighted by molar-refractivity contribution is -0.133. The molecule has 2 aliphatic heterocycles. The topological polar surface area (TPSA) is 69.2 Å². The second-order valence-electron chi connectivity index (χ2n) is 5.16. The van der Waals surface area contributed by atoms with E-state index in [1.807, 2.05) is 0 Å². The van der Waals surface area contributed by atoms with Gasteiger partial charge in [0.15, 0.2) is 0 Å². The molecule has 2 aliphatic rings. The first kappa shape index (κ1) is 14.9. The van der Waals surface area contributed by atoms with Gasteiger partial charge in [0.05, 0.1) is 31.6 Å². The van der Waals surface area contributed by atoms with Crippen molar-refractivity contribution in [2.75, 3.05) is 26.4 Å². The summed E-state index contributed by atoms with van der Waals surface area (Å²) in [7, 11) is 0. The Morgan fingerprint density at radius 2 is 2.32 bits per heavy atom. The van der Waals surface area contributed by atoms with Crippen LogP contribution in [0.2, 0.25) is 0 Å². The van der Waals surface area contributed by atoms with Crippen molar-refractivity contribution in [3.05, 3.63) is 35.6 Å². The van der Waals surface area contributed by atoms with Crippen LogP contribution in [0, 0.1) is 5.82 Å². The Morgan fingerprint density at radius 3 is 3.09 bits per heavy atom. The van der Waals surface area contributed by atoms with E-state index < -0.39 is 6.10 Å². The number of carbonyl (C=O) groups excluding carboxylic acids is 1. The Kier molecular flexibility index (Phi) is 4.65. The second kappa shape index (κ2) is 6.85. The van der Waals surface area contributed by atoms with Crippen LogP contribution in [-0.4, -0.2) is 50.2 Å². The summed E-state index contributed by atoms with van der Waals surface area (Å²) in [5.41, 5.74) is 1.19. The number of nitrogens with zero attached hydrogens (tertiary/aromatic N) is 1. The van der Waals surface area contributed by atoms with Gasteiger partial charge >= 0.3 is 0 Å². The summed E-state index contributed by atoms with van der Waals surface area (Å²) in [6, 6.07) is 6.06. The van der Waals surface area contributed by atoms with Gasteiger partial charge in [0.1, 0.15) is 5.82 Å². The molecule has 1 amide bonds. The zero-order valence-electron chi connectivity index (χ0n) is 12.0. The summed E-state index contributed by atoms with van der Waals surface area (Å²) in [6.45, 7) is 1.96. The third-order valence-corrected chi connectivity index (χ3v) is 3.51. The van der Waals surface area contributed by atoms with Crippen molar-refractivity contribution < 1.29 is 23.5 Å². The summed E-state index contributed by atoms with van der Waals surface area (Å²) in [4.78, 5) is 17.2. The van der Waals surface area contributed by atoms with Crippen LogP contribution in [-0.2, 0) is 19.1 Å². The Morgan fingerprint density at radius 1 is 1.41 bits per heavy atom. The average molecular weight is 308 g/mol. The summed E-state index contributed by atoms with van der Waals surface area (Å²) < 4.78 is 23.9. The molecule has 1 aromatic rings. The van der Waals surface area contributed by atoms with Crippen LogP contribution in [0.4, 0.5) is 4.39 Å². The molecule has 118 valence electrons. The van der Waals surface area contributed by atoms with Crippen molar-refractivity contribution in [1.29, 1.82) is 0 Å². The van der Waals surface area contributed by atoms with Crippen molar-refractivity contribution in [2.45, 2.75) is 18.6 Å². The number of hydrogen-bond donors (Lipinski definition) is 1. The fourth-order valence-corrected chi connectivity index (χ4v) is 2.34. The van der Waals surface area contributed by atoms with E-state index in [0.717, 1.165) is 0 Å². The molecule has 6 nitrogen and oxygen atoms in total. The number of oxime groups is 1. The molecule has 1 N–H and O–H groups in total. The number of carbonyl (C=O) groups is 1. The predicted molar refractivity (Wildman–Crippen MR) is 76.0 cm³/mol. The summed E-state index contributed by atoms with van der Waals surface area (Å²) in [6.07, 6.45) is -0.511. The first-order valence-electron chi connectivity index (χ1n) is 7.18. The van der Waals surface area contributed by atoms with Gasteiger partial charge in [0, 0.05) is 18.5 Å². The second-order valence-corrected chi connectivity index (χ2v) is 5.16. The molecular formula is C15H17FN2O4. The highest BCUT2D eigenvalue weighted by Gasteiger charge is 2.29. The molecule has 3 rings (SSSR count). The van der Waals surface area contributed by atoms with E-state index in [2.05, 4.69) is 10.5 Å². The van der Waals surface area contributed by atoms with Gasteiger partial charge in [-0.25, -0.2) is 4.39 Å². The largest absolute Gasteiger partial charge is 0.382 e. The van der Waals surface area contributed by atoms with Crippen LogP contribution < -0.4 is 5.32 Å². The third kappa shape index (κ3) is 3.61. The molecule has 0 saturated carbocycles. The van der Waals surface area contributed by atoms with Crippen molar-refractivity contribution >= 4 is 11.6 Å². The third-order valence-electron chi connectivity index (χ3n) is 3.51. The minimum Gasteiger partial charge on any atom is -0.382 e. The van der Waals surface area contributed by atoms with Gasteiger partial charge in [0.25, 0.3) is 5.91 Å². The Hall–Kier alpha value is -1.99. The molecule has 22 heavy (non-hydrogen) atoms. The highest BCUT2D eigenvalue weighted by atomic mass is 19.1. The molecule has 1 aromatic carbocycles. The Balaban J connectivity index is 1.49. The molecule has 1 fully saturated rings. The number of rotatable bonds is 4. The molecule has 0 aliphatic carbocycles. The first-order valence-corrected chi connectivity index (χ1v) is 7.18. The number of nitrogens with one attached hydrogen (secondary N) is 1. The van der Waals surface area contributed by atoms with Gasteiger partial charge < -0.3 is 19.6 Å². The van der Waals surface area contributed by atoms with Gasteiger partial charge in [-0.1, -0.05) is 17.3 Å². The van der Waals surface area contributed by atoms with E-state index in [1.54, 1.807) is 12.1 Å². The zero-order chi connectivity index (χ0) is 15.4. The summed E-state index contributed by atoms with van der Waals surface area (Å²) >= 11 is 0. The van der Waals surface area contributed by atoms with E-state index >= 15 is 0 Å². The Labute approximate surface area is 127 Å². The lowest BCUT2D eigenvalue weighted by atomic mass is 10.0. The molecule has 2 atom stereocenters. The molecular weight excluding hydrogens is 291 g/mol. The maximum Gasteiger partial charge on any atom is 0.264 e. The predicted octanol–water partition coefficient (Wildman–Crippen LogP) is 0.850. The molecule has 0 aromatic heterocycles. The maximum atomic E-state index is 13.2. The molecule has 0 unspecified atom stereocenters. The van der Waals surface area contributed by atoms with Crippen LogP contribution >= 0.6 is 0 Å². The van der Waals surface area contributed by atoms with Crippen LogP contribution in [0.15, 0.2) is 29.4 Å². The average Bonchev–Trinajstić information content (AvgIpc) is 3.04. The lowest BCUT2D eigenvalue weighted by Crippen LogP contribution is -2.43. The number of benzene rings is 1. The molecule has 0 radical (unpaired) electrons. The van der Waals surface area contributed by atoms with Gasteiger partial charge in [-0.3, -0.25) is 4.79 Å². The van der Waals surface area contributed by atoms with Crippen molar-refractivity contribution in [2.24, 2.45) is 5.16 Å². The monoisotopic (exact) mass is 308 g/mol. The summed E-state index contributed by atoms with van der Waals surface area (Å²) in [5.74, 6) is -0.605. The van der Waals surface area contributed by atoms with E-state index in [1.165, 1.54) is 12.1 Å². The van der Waals surface area contributed by atoms with Crippen LogP contribution in [0.25, 0.3) is 0 Å². The van der Waals surface area contributed by atoms with Gasteiger partial charge in [-0.05, 0) is 12.1 Å². The van der Waals surface area contributed by atoms with E-state index in [0.29, 0.717) is 44.1 Å². The van der Waals surface area contributed by atoms with E-state index in [-0.39, 0.29) is 17.8 Å². The van der Waals surface area contributed by atoms with Crippen LogP contribution in [0.1, 0.15) is 12.0 Å². The number of hydrogen-bond acceptors (Lipinski definition) is 5. The molecule has 0 spiro atoms. The minimum absolute atomic E-state index is 0.136. The highest BCUT2D eigenvalue weighted by Crippen LogP contribution is 2.17. The normalized spacial score (nSPS) is 24.5. The smallest absolute Gasteiger partial charge is 0.264 e. The lowest BCUT2D eigenvalue weighted by Gasteiger charge is -2.23. The van der Waals surface area contributed by atoms with Gasteiger partial charge in [0.2, 0.25) is 6.10 Å². The van der Waals surface area contributed by atoms with E-state index in [4.69, 9.17) is 14.3 Å².